The number of carbonyl (C=O) groups excluding carboxylic acids is 1. The van der Waals surface area contributed by atoms with E-state index in [1.807, 2.05) is 85.7 Å². The van der Waals surface area contributed by atoms with Crippen molar-refractivity contribution in [2.75, 3.05) is 30.9 Å². The van der Waals surface area contributed by atoms with Crippen LogP contribution in [-0.2, 0) is 4.79 Å². The van der Waals surface area contributed by atoms with E-state index < -0.39 is 0 Å². The van der Waals surface area contributed by atoms with Gasteiger partial charge >= 0.3 is 0 Å². The highest BCUT2D eigenvalue weighted by Crippen LogP contribution is 2.20. The van der Waals surface area contributed by atoms with Crippen LogP contribution in [-0.4, -0.2) is 26.6 Å². The number of fused-ring (bicyclic) bond motifs is 1. The number of anilines is 2. The standard InChI is InChI=1S/C20H20N2O2/c1-22(2)18-10-8-17(9-11-18)21-20(23)14-24-19-12-7-15-5-3-4-6-16(15)13-19/h3-13H,14H2,1-2H3,(H,21,23). The van der Waals surface area contributed by atoms with Gasteiger partial charge in [0.25, 0.3) is 5.91 Å². The topological polar surface area (TPSA) is 41.6 Å². The Balaban J connectivity index is 1.58. The molecule has 4 nitrogen and oxygen atoms in total. The Labute approximate surface area is 141 Å². The number of hydrogen-bond donors (Lipinski definition) is 1. The Hall–Kier alpha value is -3.01. The third kappa shape index (κ3) is 3.84. The highest BCUT2D eigenvalue weighted by atomic mass is 16.5. The number of ether oxygens (including phenoxy) is 1. The number of nitrogens with zero attached hydrogens (tertiary/aromatic N) is 1. The summed E-state index contributed by atoms with van der Waals surface area (Å²) < 4.78 is 5.59. The fourth-order valence-corrected chi connectivity index (χ4v) is 2.45. The summed E-state index contributed by atoms with van der Waals surface area (Å²) in [4.78, 5) is 14.0. The normalized spacial score (nSPS) is 10.4. The fourth-order valence-electron chi connectivity index (χ4n) is 2.45. The van der Waals surface area contributed by atoms with Crippen LogP contribution in [0.4, 0.5) is 11.4 Å². The van der Waals surface area contributed by atoms with Gasteiger partial charge in [-0.1, -0.05) is 30.3 Å². The van der Waals surface area contributed by atoms with E-state index in [9.17, 15) is 4.79 Å². The maximum absolute atomic E-state index is 12.0. The van der Waals surface area contributed by atoms with Crippen LogP contribution in [0.1, 0.15) is 0 Å². The van der Waals surface area contributed by atoms with Gasteiger partial charge < -0.3 is 15.0 Å². The monoisotopic (exact) mass is 320 g/mol. The molecule has 3 aromatic rings. The van der Waals surface area contributed by atoms with Gasteiger partial charge in [-0.25, -0.2) is 0 Å². The molecule has 0 aliphatic carbocycles. The summed E-state index contributed by atoms with van der Waals surface area (Å²) in [5.74, 6) is 0.507. The highest BCUT2D eigenvalue weighted by molar-refractivity contribution is 5.92. The van der Waals surface area contributed by atoms with Crippen LogP contribution in [0.25, 0.3) is 10.8 Å². The predicted octanol–water partition coefficient (Wildman–Crippen LogP) is 3.92. The Morgan fingerprint density at radius 2 is 1.67 bits per heavy atom. The van der Waals surface area contributed by atoms with Crippen molar-refractivity contribution in [1.29, 1.82) is 0 Å². The average Bonchev–Trinajstić information content (AvgIpc) is 2.60. The molecule has 0 unspecified atom stereocenters. The van der Waals surface area contributed by atoms with E-state index >= 15 is 0 Å². The molecule has 0 radical (unpaired) electrons. The maximum Gasteiger partial charge on any atom is 0.262 e. The zero-order chi connectivity index (χ0) is 16.9. The van der Waals surface area contributed by atoms with Gasteiger partial charge in [0.15, 0.2) is 6.61 Å². The van der Waals surface area contributed by atoms with Gasteiger partial charge in [-0.05, 0) is 47.2 Å². The van der Waals surface area contributed by atoms with Gasteiger partial charge in [0.1, 0.15) is 5.75 Å². The summed E-state index contributed by atoms with van der Waals surface area (Å²) >= 11 is 0. The molecule has 0 bridgehead atoms. The molecule has 122 valence electrons. The minimum absolute atomic E-state index is 0.0201. The molecule has 1 N–H and O–H groups in total. The van der Waals surface area contributed by atoms with Crippen molar-refractivity contribution < 1.29 is 9.53 Å². The van der Waals surface area contributed by atoms with E-state index in [-0.39, 0.29) is 12.5 Å². The van der Waals surface area contributed by atoms with E-state index in [4.69, 9.17) is 4.74 Å². The first-order valence-electron chi connectivity index (χ1n) is 7.81. The molecule has 24 heavy (non-hydrogen) atoms. The smallest absolute Gasteiger partial charge is 0.262 e. The molecular weight excluding hydrogens is 300 g/mol. The highest BCUT2D eigenvalue weighted by Gasteiger charge is 2.05. The summed E-state index contributed by atoms with van der Waals surface area (Å²) in [5, 5.41) is 5.07. The third-order valence-electron chi connectivity index (χ3n) is 3.76. The zero-order valence-electron chi connectivity index (χ0n) is 13.8. The lowest BCUT2D eigenvalue weighted by molar-refractivity contribution is -0.118. The number of carbonyl (C=O) groups is 1. The predicted molar refractivity (Wildman–Crippen MR) is 98.8 cm³/mol. The quantitative estimate of drug-likeness (QED) is 0.774. The van der Waals surface area contributed by atoms with Gasteiger partial charge in [0, 0.05) is 25.5 Å². The van der Waals surface area contributed by atoms with E-state index in [1.165, 1.54) is 0 Å². The van der Waals surface area contributed by atoms with Gasteiger partial charge in [-0.2, -0.15) is 0 Å². The lowest BCUT2D eigenvalue weighted by atomic mass is 10.1. The van der Waals surface area contributed by atoms with Crippen molar-refractivity contribution in [3.63, 3.8) is 0 Å². The molecule has 0 atom stereocenters. The minimum atomic E-state index is -0.180. The van der Waals surface area contributed by atoms with Crippen molar-refractivity contribution in [3.8, 4) is 5.75 Å². The van der Waals surface area contributed by atoms with Gasteiger partial charge in [-0.15, -0.1) is 0 Å². The van der Waals surface area contributed by atoms with Gasteiger partial charge in [0.05, 0.1) is 0 Å². The van der Waals surface area contributed by atoms with Gasteiger partial charge in [0.2, 0.25) is 0 Å². The molecule has 0 saturated carbocycles. The summed E-state index contributed by atoms with van der Waals surface area (Å²) in [5.41, 5.74) is 1.84. The van der Waals surface area contributed by atoms with Crippen molar-refractivity contribution >= 4 is 28.1 Å². The lowest BCUT2D eigenvalue weighted by Crippen LogP contribution is -2.20. The Morgan fingerprint density at radius 1 is 0.958 bits per heavy atom. The van der Waals surface area contributed by atoms with Crippen LogP contribution in [0.15, 0.2) is 66.7 Å². The first-order valence-corrected chi connectivity index (χ1v) is 7.81. The molecule has 0 heterocycles. The summed E-state index contributed by atoms with van der Waals surface area (Å²) in [6, 6.07) is 21.5. The molecule has 0 saturated heterocycles. The van der Waals surface area contributed by atoms with E-state index in [0.717, 1.165) is 22.1 Å². The third-order valence-corrected chi connectivity index (χ3v) is 3.76. The number of rotatable bonds is 5. The van der Waals surface area contributed by atoms with Gasteiger partial charge in [-0.3, -0.25) is 4.79 Å². The molecule has 3 rings (SSSR count). The van der Waals surface area contributed by atoms with Crippen LogP contribution >= 0.6 is 0 Å². The fraction of sp³-hybridized carbons (Fsp3) is 0.150. The van der Waals surface area contributed by atoms with E-state index in [2.05, 4.69) is 5.32 Å². The Morgan fingerprint density at radius 3 is 2.38 bits per heavy atom. The molecule has 3 aromatic carbocycles. The molecule has 0 aliphatic rings. The second kappa shape index (κ2) is 7.04. The second-order valence-corrected chi connectivity index (χ2v) is 5.79. The summed E-state index contributed by atoms with van der Waals surface area (Å²) in [7, 11) is 3.95. The van der Waals surface area contributed by atoms with Crippen LogP contribution in [0.3, 0.4) is 0 Å². The van der Waals surface area contributed by atoms with Crippen LogP contribution in [0, 0.1) is 0 Å². The van der Waals surface area contributed by atoms with Crippen LogP contribution < -0.4 is 15.0 Å². The Bertz CT molecular complexity index is 842. The van der Waals surface area contributed by atoms with Crippen molar-refractivity contribution in [3.05, 3.63) is 66.7 Å². The summed E-state index contributed by atoms with van der Waals surface area (Å²) in [6.07, 6.45) is 0. The zero-order valence-corrected chi connectivity index (χ0v) is 13.8. The number of amides is 1. The van der Waals surface area contributed by atoms with Crippen molar-refractivity contribution in [2.45, 2.75) is 0 Å². The molecule has 0 spiro atoms. The summed E-state index contributed by atoms with van der Waals surface area (Å²) in [6.45, 7) is -0.0201. The molecule has 1 amide bonds. The molecule has 0 aromatic heterocycles. The largest absolute Gasteiger partial charge is 0.484 e. The number of nitrogens with one attached hydrogen (secondary N) is 1. The SMILES string of the molecule is CN(C)c1ccc(NC(=O)COc2ccc3ccccc3c2)cc1. The van der Waals surface area contributed by atoms with Crippen LogP contribution in [0.2, 0.25) is 0 Å². The molecule has 0 aliphatic heterocycles. The lowest BCUT2D eigenvalue weighted by Gasteiger charge is -2.13. The Kier molecular flexibility index (Phi) is 4.66. The second-order valence-electron chi connectivity index (χ2n) is 5.79. The maximum atomic E-state index is 12.0. The first kappa shape index (κ1) is 15.9. The minimum Gasteiger partial charge on any atom is -0.484 e. The molecule has 0 fully saturated rings. The molecular formula is C20H20N2O2. The average molecular weight is 320 g/mol. The number of benzene rings is 3. The van der Waals surface area contributed by atoms with Crippen molar-refractivity contribution in [1.82, 2.24) is 0 Å². The van der Waals surface area contributed by atoms with E-state index in [0.29, 0.717) is 5.75 Å². The first-order chi connectivity index (χ1) is 11.6. The van der Waals surface area contributed by atoms with Crippen LogP contribution in [0.5, 0.6) is 5.75 Å². The van der Waals surface area contributed by atoms with Crippen molar-refractivity contribution in [2.24, 2.45) is 0 Å². The van der Waals surface area contributed by atoms with E-state index in [1.54, 1.807) is 0 Å². The number of hydrogen-bond acceptors (Lipinski definition) is 3. The molecule has 4 heteroatoms.